The largest absolute Gasteiger partial charge is 0.324 e. The van der Waals surface area contributed by atoms with Gasteiger partial charge in [0.2, 0.25) is 5.91 Å². The van der Waals surface area contributed by atoms with Crippen molar-refractivity contribution < 1.29 is 4.79 Å². The number of amides is 1. The van der Waals surface area contributed by atoms with Gasteiger partial charge in [-0.15, -0.1) is 11.8 Å². The molecule has 2 nitrogen and oxygen atoms in total. The zero-order valence-electron chi connectivity index (χ0n) is 12.4. The fraction of sp³-hybridized carbons (Fsp3) is 0.235. The van der Waals surface area contributed by atoms with Gasteiger partial charge < -0.3 is 5.32 Å². The van der Waals surface area contributed by atoms with Gasteiger partial charge in [-0.3, -0.25) is 4.79 Å². The van der Waals surface area contributed by atoms with Crippen LogP contribution in [0.3, 0.4) is 0 Å². The lowest BCUT2D eigenvalue weighted by atomic mass is 10.1. The lowest BCUT2D eigenvalue weighted by Crippen LogP contribution is -2.14. The Bertz CT molecular complexity index is 656. The van der Waals surface area contributed by atoms with E-state index in [-0.39, 0.29) is 5.91 Å². The number of benzene rings is 2. The van der Waals surface area contributed by atoms with Gasteiger partial charge in [0.15, 0.2) is 0 Å². The molecule has 0 heterocycles. The van der Waals surface area contributed by atoms with E-state index in [1.165, 1.54) is 4.90 Å². The highest BCUT2D eigenvalue weighted by Crippen LogP contribution is 2.26. The van der Waals surface area contributed by atoms with Crippen LogP contribution in [0.25, 0.3) is 0 Å². The van der Waals surface area contributed by atoms with E-state index in [4.69, 9.17) is 23.2 Å². The van der Waals surface area contributed by atoms with Gasteiger partial charge in [0.05, 0.1) is 17.1 Å². The maximum absolute atomic E-state index is 12.1. The zero-order valence-corrected chi connectivity index (χ0v) is 14.7. The Hall–Kier alpha value is -1.16. The molecule has 0 fully saturated rings. The normalized spacial score (nSPS) is 10.8. The number of hydrogen-bond acceptors (Lipinski definition) is 2. The SMILES string of the molecule is CC(C)Sc1ccc(CC(=O)Nc2cc(Cl)ccc2Cl)cc1. The van der Waals surface area contributed by atoms with Crippen molar-refractivity contribution in [2.75, 3.05) is 5.32 Å². The molecule has 0 aliphatic heterocycles. The third kappa shape index (κ3) is 5.24. The van der Waals surface area contributed by atoms with Crippen molar-refractivity contribution in [2.24, 2.45) is 0 Å². The Balaban J connectivity index is 1.98. The van der Waals surface area contributed by atoms with Crippen LogP contribution in [-0.2, 0) is 11.2 Å². The molecule has 0 radical (unpaired) electrons. The van der Waals surface area contributed by atoms with Gasteiger partial charge >= 0.3 is 0 Å². The smallest absolute Gasteiger partial charge is 0.228 e. The summed E-state index contributed by atoms with van der Waals surface area (Å²) >= 11 is 13.7. The molecule has 1 amide bonds. The molecule has 0 spiro atoms. The average molecular weight is 354 g/mol. The Labute approximate surface area is 145 Å². The number of carbonyl (C=O) groups excluding carboxylic acids is 1. The second kappa shape index (κ2) is 7.91. The van der Waals surface area contributed by atoms with Crippen LogP contribution in [0.4, 0.5) is 5.69 Å². The Kier molecular flexibility index (Phi) is 6.18. The van der Waals surface area contributed by atoms with Crippen molar-refractivity contribution in [1.29, 1.82) is 0 Å². The summed E-state index contributed by atoms with van der Waals surface area (Å²) in [7, 11) is 0. The van der Waals surface area contributed by atoms with Crippen LogP contribution in [0.15, 0.2) is 47.4 Å². The van der Waals surface area contributed by atoms with E-state index in [1.807, 2.05) is 24.3 Å². The predicted octanol–water partition coefficient (Wildman–Crippen LogP) is 5.68. The summed E-state index contributed by atoms with van der Waals surface area (Å²) in [6, 6.07) is 13.0. The second-order valence-electron chi connectivity index (χ2n) is 5.16. The van der Waals surface area contributed by atoms with Crippen LogP contribution in [0.2, 0.25) is 10.0 Å². The molecule has 0 aliphatic carbocycles. The van der Waals surface area contributed by atoms with Crippen LogP contribution in [0.5, 0.6) is 0 Å². The average Bonchev–Trinajstić information content (AvgIpc) is 2.44. The minimum atomic E-state index is -0.117. The Morgan fingerprint density at radius 1 is 1.14 bits per heavy atom. The van der Waals surface area contributed by atoms with Crippen molar-refractivity contribution in [3.63, 3.8) is 0 Å². The molecule has 5 heteroatoms. The van der Waals surface area contributed by atoms with Gasteiger partial charge in [-0.1, -0.05) is 49.2 Å². The maximum Gasteiger partial charge on any atom is 0.228 e. The molecule has 2 aromatic carbocycles. The maximum atomic E-state index is 12.1. The van der Waals surface area contributed by atoms with Gasteiger partial charge in [0.1, 0.15) is 0 Å². The fourth-order valence-electron chi connectivity index (χ4n) is 1.93. The first-order valence-electron chi connectivity index (χ1n) is 6.94. The summed E-state index contributed by atoms with van der Waals surface area (Å²) in [5.74, 6) is -0.117. The molecule has 0 bridgehead atoms. The predicted molar refractivity (Wildman–Crippen MR) is 96.2 cm³/mol. The van der Waals surface area contributed by atoms with Crippen molar-refractivity contribution >= 4 is 46.6 Å². The molecular weight excluding hydrogens is 337 g/mol. The van der Waals surface area contributed by atoms with Crippen LogP contribution < -0.4 is 5.32 Å². The van der Waals surface area contributed by atoms with Crippen molar-refractivity contribution in [3.05, 3.63) is 58.1 Å². The zero-order chi connectivity index (χ0) is 16.1. The highest BCUT2D eigenvalue weighted by molar-refractivity contribution is 7.99. The van der Waals surface area contributed by atoms with Gasteiger partial charge in [-0.05, 0) is 35.9 Å². The summed E-state index contributed by atoms with van der Waals surface area (Å²) in [6.45, 7) is 4.31. The lowest BCUT2D eigenvalue weighted by Gasteiger charge is -2.09. The molecule has 0 saturated carbocycles. The standard InChI is InChI=1S/C17H17Cl2NOS/c1-11(2)22-14-6-3-12(4-7-14)9-17(21)20-16-10-13(18)5-8-15(16)19/h3-8,10-11H,9H2,1-2H3,(H,20,21). The third-order valence-corrected chi connectivity index (χ3v) is 4.44. The Morgan fingerprint density at radius 2 is 1.82 bits per heavy atom. The number of rotatable bonds is 5. The molecule has 0 aliphatic rings. The molecule has 2 rings (SSSR count). The summed E-state index contributed by atoms with van der Waals surface area (Å²) in [5.41, 5.74) is 1.50. The van der Waals surface area contributed by atoms with Crippen molar-refractivity contribution in [1.82, 2.24) is 0 Å². The number of carbonyl (C=O) groups is 1. The third-order valence-electron chi connectivity index (χ3n) is 2.86. The molecule has 116 valence electrons. The number of halogens is 2. The molecule has 1 N–H and O–H groups in total. The minimum Gasteiger partial charge on any atom is -0.324 e. The van der Waals surface area contributed by atoms with Gasteiger partial charge in [0, 0.05) is 15.2 Å². The Morgan fingerprint density at radius 3 is 2.45 bits per heavy atom. The van der Waals surface area contributed by atoms with E-state index < -0.39 is 0 Å². The molecule has 2 aromatic rings. The lowest BCUT2D eigenvalue weighted by molar-refractivity contribution is -0.115. The van der Waals surface area contributed by atoms with Crippen LogP contribution in [0, 0.1) is 0 Å². The van der Waals surface area contributed by atoms with Crippen LogP contribution >= 0.6 is 35.0 Å². The van der Waals surface area contributed by atoms with E-state index in [9.17, 15) is 4.79 Å². The van der Waals surface area contributed by atoms with Crippen molar-refractivity contribution in [2.45, 2.75) is 30.4 Å². The van der Waals surface area contributed by atoms with E-state index in [2.05, 4.69) is 19.2 Å². The van der Waals surface area contributed by atoms with Gasteiger partial charge in [-0.25, -0.2) is 0 Å². The van der Waals surface area contributed by atoms with E-state index >= 15 is 0 Å². The molecular formula is C17H17Cl2NOS. The van der Waals surface area contributed by atoms with Crippen molar-refractivity contribution in [3.8, 4) is 0 Å². The fourth-order valence-corrected chi connectivity index (χ4v) is 3.11. The first kappa shape index (κ1) is 17.2. The molecule has 0 aromatic heterocycles. The van der Waals surface area contributed by atoms with Gasteiger partial charge in [-0.2, -0.15) is 0 Å². The number of thioether (sulfide) groups is 1. The van der Waals surface area contributed by atoms with Crippen LogP contribution in [0.1, 0.15) is 19.4 Å². The van der Waals surface area contributed by atoms with E-state index in [0.29, 0.717) is 27.4 Å². The topological polar surface area (TPSA) is 29.1 Å². The second-order valence-corrected chi connectivity index (χ2v) is 7.65. The summed E-state index contributed by atoms with van der Waals surface area (Å²) in [5, 5.41) is 4.34. The first-order valence-corrected chi connectivity index (χ1v) is 8.58. The van der Waals surface area contributed by atoms with E-state index in [0.717, 1.165) is 5.56 Å². The van der Waals surface area contributed by atoms with E-state index in [1.54, 1.807) is 30.0 Å². The van der Waals surface area contributed by atoms with Gasteiger partial charge in [0.25, 0.3) is 0 Å². The highest BCUT2D eigenvalue weighted by Gasteiger charge is 2.08. The number of anilines is 1. The molecule has 0 unspecified atom stereocenters. The number of nitrogens with one attached hydrogen (secondary N) is 1. The molecule has 22 heavy (non-hydrogen) atoms. The monoisotopic (exact) mass is 353 g/mol. The molecule has 0 atom stereocenters. The summed E-state index contributed by atoms with van der Waals surface area (Å²) in [6.07, 6.45) is 0.301. The highest BCUT2D eigenvalue weighted by atomic mass is 35.5. The quantitative estimate of drug-likeness (QED) is 0.701. The summed E-state index contributed by atoms with van der Waals surface area (Å²) in [4.78, 5) is 13.3. The summed E-state index contributed by atoms with van der Waals surface area (Å²) < 4.78 is 0. The first-order chi connectivity index (χ1) is 10.4. The van der Waals surface area contributed by atoms with Crippen LogP contribution in [-0.4, -0.2) is 11.2 Å². The number of hydrogen-bond donors (Lipinski definition) is 1. The minimum absolute atomic E-state index is 0.117. The molecule has 0 saturated heterocycles.